The summed E-state index contributed by atoms with van der Waals surface area (Å²) in [5.74, 6) is -0.909. The average Bonchev–Trinajstić information content (AvgIpc) is 2.65. The molecule has 0 aliphatic heterocycles. The van der Waals surface area contributed by atoms with Gasteiger partial charge in [0.05, 0.1) is 5.56 Å². The predicted molar refractivity (Wildman–Crippen MR) is 61.1 cm³/mol. The van der Waals surface area contributed by atoms with Crippen LogP contribution in [0.3, 0.4) is 0 Å². The third-order valence-corrected chi connectivity index (χ3v) is 3.01. The van der Waals surface area contributed by atoms with Crippen molar-refractivity contribution in [1.29, 1.82) is 0 Å². The first-order valence-corrected chi connectivity index (χ1v) is 5.23. The number of carbonyl (C=O) groups is 1. The summed E-state index contributed by atoms with van der Waals surface area (Å²) in [6, 6.07) is 8.83. The normalized spacial score (nSPS) is 10.1. The van der Waals surface area contributed by atoms with Gasteiger partial charge in [-0.25, -0.2) is 4.79 Å². The van der Waals surface area contributed by atoms with Gasteiger partial charge in [-0.15, -0.1) is 11.3 Å². The molecule has 0 atom stereocenters. The van der Waals surface area contributed by atoms with Gasteiger partial charge in [-0.3, -0.25) is 0 Å². The first-order chi connectivity index (χ1) is 7.18. The Morgan fingerprint density at radius 2 is 2.13 bits per heavy atom. The molecule has 1 aromatic heterocycles. The van der Waals surface area contributed by atoms with E-state index in [2.05, 4.69) is 0 Å². The molecular formula is C11H9NO2S. The number of anilines is 1. The number of carboxylic acid groups (broad SMARTS) is 1. The lowest BCUT2D eigenvalue weighted by Gasteiger charge is -2.01. The Kier molecular flexibility index (Phi) is 2.43. The molecule has 0 fully saturated rings. The summed E-state index contributed by atoms with van der Waals surface area (Å²) in [5, 5.41) is 10.7. The van der Waals surface area contributed by atoms with Gasteiger partial charge in [0.15, 0.2) is 0 Å². The number of carboxylic acids is 1. The van der Waals surface area contributed by atoms with Gasteiger partial charge in [-0.2, -0.15) is 0 Å². The van der Waals surface area contributed by atoms with Crippen molar-refractivity contribution in [3.05, 3.63) is 41.3 Å². The van der Waals surface area contributed by atoms with Crippen LogP contribution >= 0.6 is 11.3 Å². The lowest BCUT2D eigenvalue weighted by Crippen LogP contribution is -1.95. The van der Waals surface area contributed by atoms with Crippen LogP contribution < -0.4 is 5.73 Å². The SMILES string of the molecule is Nc1cccc(-c2sccc2C(=O)O)c1. The number of benzene rings is 1. The van der Waals surface area contributed by atoms with Crippen molar-refractivity contribution in [2.45, 2.75) is 0 Å². The monoisotopic (exact) mass is 219 g/mol. The Labute approximate surface area is 90.8 Å². The van der Waals surface area contributed by atoms with E-state index < -0.39 is 5.97 Å². The molecule has 3 N–H and O–H groups in total. The van der Waals surface area contributed by atoms with E-state index in [-0.39, 0.29) is 0 Å². The maximum absolute atomic E-state index is 10.9. The van der Waals surface area contributed by atoms with Gasteiger partial charge in [0.2, 0.25) is 0 Å². The van der Waals surface area contributed by atoms with Crippen molar-refractivity contribution in [2.24, 2.45) is 0 Å². The minimum absolute atomic E-state index is 0.325. The summed E-state index contributed by atoms with van der Waals surface area (Å²) < 4.78 is 0. The van der Waals surface area contributed by atoms with Crippen LogP contribution in [0, 0.1) is 0 Å². The van der Waals surface area contributed by atoms with Gasteiger partial charge in [0.1, 0.15) is 0 Å². The molecule has 15 heavy (non-hydrogen) atoms. The standard InChI is InChI=1S/C11H9NO2S/c12-8-3-1-2-7(6-8)10-9(11(13)14)4-5-15-10/h1-6H,12H2,(H,13,14). The second kappa shape index (κ2) is 3.74. The molecule has 0 bridgehead atoms. The molecule has 0 aliphatic rings. The first-order valence-electron chi connectivity index (χ1n) is 4.35. The summed E-state index contributed by atoms with van der Waals surface area (Å²) >= 11 is 1.40. The van der Waals surface area contributed by atoms with Crippen molar-refractivity contribution in [3.8, 4) is 10.4 Å². The van der Waals surface area contributed by atoms with Gasteiger partial charge >= 0.3 is 5.97 Å². The Balaban J connectivity index is 2.54. The molecule has 0 unspecified atom stereocenters. The Morgan fingerprint density at radius 3 is 2.80 bits per heavy atom. The molecule has 4 heteroatoms. The van der Waals surface area contributed by atoms with Gasteiger partial charge in [0.25, 0.3) is 0 Å². The molecule has 0 saturated heterocycles. The van der Waals surface area contributed by atoms with Crippen molar-refractivity contribution in [2.75, 3.05) is 5.73 Å². The number of nitrogens with two attached hydrogens (primary N) is 1. The molecule has 2 aromatic rings. The minimum Gasteiger partial charge on any atom is -0.478 e. The quantitative estimate of drug-likeness (QED) is 0.763. The molecule has 0 radical (unpaired) electrons. The number of thiophene rings is 1. The van der Waals surface area contributed by atoms with Gasteiger partial charge in [-0.05, 0) is 29.1 Å². The van der Waals surface area contributed by atoms with E-state index in [1.807, 2.05) is 12.1 Å². The third-order valence-electron chi connectivity index (χ3n) is 2.04. The smallest absolute Gasteiger partial charge is 0.337 e. The Bertz CT molecular complexity index is 505. The summed E-state index contributed by atoms with van der Waals surface area (Å²) in [7, 11) is 0. The Hall–Kier alpha value is -1.81. The molecule has 0 spiro atoms. The summed E-state index contributed by atoms with van der Waals surface area (Å²) in [4.78, 5) is 11.7. The number of hydrogen-bond acceptors (Lipinski definition) is 3. The summed E-state index contributed by atoms with van der Waals surface area (Å²) in [5.41, 5.74) is 7.46. The van der Waals surface area contributed by atoms with Gasteiger partial charge in [-0.1, -0.05) is 12.1 Å². The number of aromatic carboxylic acids is 1. The van der Waals surface area contributed by atoms with Crippen LogP contribution in [0.1, 0.15) is 10.4 Å². The van der Waals surface area contributed by atoms with E-state index >= 15 is 0 Å². The van der Waals surface area contributed by atoms with Crippen LogP contribution in [0.4, 0.5) is 5.69 Å². The van der Waals surface area contributed by atoms with E-state index in [0.717, 1.165) is 10.4 Å². The van der Waals surface area contributed by atoms with Crippen molar-refractivity contribution >= 4 is 23.0 Å². The van der Waals surface area contributed by atoms with Gasteiger partial charge < -0.3 is 10.8 Å². The third kappa shape index (κ3) is 1.85. The maximum Gasteiger partial charge on any atom is 0.337 e. The van der Waals surface area contributed by atoms with Gasteiger partial charge in [0, 0.05) is 10.6 Å². The fourth-order valence-corrected chi connectivity index (χ4v) is 2.27. The van der Waals surface area contributed by atoms with Crippen molar-refractivity contribution in [3.63, 3.8) is 0 Å². The highest BCUT2D eigenvalue weighted by molar-refractivity contribution is 7.14. The predicted octanol–water partition coefficient (Wildman–Crippen LogP) is 2.70. The van der Waals surface area contributed by atoms with E-state index in [4.69, 9.17) is 10.8 Å². The average molecular weight is 219 g/mol. The topological polar surface area (TPSA) is 63.3 Å². The van der Waals surface area contributed by atoms with E-state index in [0.29, 0.717) is 11.3 Å². The maximum atomic E-state index is 10.9. The van der Waals surface area contributed by atoms with Crippen LogP contribution in [0.2, 0.25) is 0 Å². The lowest BCUT2D eigenvalue weighted by molar-refractivity contribution is 0.0698. The zero-order valence-electron chi connectivity index (χ0n) is 7.81. The zero-order valence-corrected chi connectivity index (χ0v) is 8.62. The second-order valence-electron chi connectivity index (χ2n) is 3.09. The van der Waals surface area contributed by atoms with E-state index in [1.165, 1.54) is 11.3 Å². The van der Waals surface area contributed by atoms with Crippen LogP contribution in [-0.2, 0) is 0 Å². The zero-order chi connectivity index (χ0) is 10.8. The highest BCUT2D eigenvalue weighted by Crippen LogP contribution is 2.30. The molecular weight excluding hydrogens is 210 g/mol. The molecule has 3 nitrogen and oxygen atoms in total. The van der Waals surface area contributed by atoms with E-state index in [1.54, 1.807) is 23.6 Å². The molecule has 1 aromatic carbocycles. The molecule has 2 rings (SSSR count). The molecule has 0 amide bonds. The first kappa shape index (κ1) is 9.73. The largest absolute Gasteiger partial charge is 0.478 e. The highest BCUT2D eigenvalue weighted by Gasteiger charge is 2.12. The van der Waals surface area contributed by atoms with Crippen LogP contribution in [0.5, 0.6) is 0 Å². The van der Waals surface area contributed by atoms with Crippen LogP contribution in [-0.4, -0.2) is 11.1 Å². The molecule has 0 aliphatic carbocycles. The molecule has 0 saturated carbocycles. The Morgan fingerprint density at radius 1 is 1.33 bits per heavy atom. The molecule has 76 valence electrons. The highest BCUT2D eigenvalue weighted by atomic mass is 32.1. The van der Waals surface area contributed by atoms with Crippen molar-refractivity contribution in [1.82, 2.24) is 0 Å². The summed E-state index contributed by atoms with van der Waals surface area (Å²) in [6.07, 6.45) is 0. The fraction of sp³-hybridized carbons (Fsp3) is 0. The second-order valence-corrected chi connectivity index (χ2v) is 4.01. The summed E-state index contributed by atoms with van der Waals surface area (Å²) in [6.45, 7) is 0. The molecule has 1 heterocycles. The number of nitrogen functional groups attached to an aromatic ring is 1. The van der Waals surface area contributed by atoms with Crippen LogP contribution in [0.15, 0.2) is 35.7 Å². The fourth-order valence-electron chi connectivity index (χ4n) is 1.38. The van der Waals surface area contributed by atoms with Crippen molar-refractivity contribution < 1.29 is 9.90 Å². The number of hydrogen-bond donors (Lipinski definition) is 2. The lowest BCUT2D eigenvalue weighted by atomic mass is 10.1. The number of rotatable bonds is 2. The minimum atomic E-state index is -0.909. The van der Waals surface area contributed by atoms with E-state index in [9.17, 15) is 4.79 Å². The van der Waals surface area contributed by atoms with Crippen LogP contribution in [0.25, 0.3) is 10.4 Å².